The Bertz CT molecular complexity index is 1420. The summed E-state index contributed by atoms with van der Waals surface area (Å²) < 4.78 is 0. The number of hydrogen-bond acceptors (Lipinski definition) is 6. The lowest BCUT2D eigenvalue weighted by Crippen LogP contribution is -2.59. The predicted molar refractivity (Wildman–Crippen MR) is 183 cm³/mol. The van der Waals surface area contributed by atoms with Gasteiger partial charge in [0.05, 0.1) is 10.8 Å². The fraction of sp³-hybridized carbons (Fsp3) is 0.513. The number of hydrogen-bond donors (Lipinski definition) is 3. The van der Waals surface area contributed by atoms with Crippen molar-refractivity contribution >= 4 is 23.1 Å². The van der Waals surface area contributed by atoms with Gasteiger partial charge in [-0.15, -0.1) is 0 Å². The smallest absolute Gasteiger partial charge is 0.184 e. The van der Waals surface area contributed by atoms with Crippen LogP contribution in [0, 0.1) is 22.7 Å². The average molecular weight is 619 g/mol. The molecule has 1 aromatic rings. The number of aromatic hydroxyl groups is 2. The number of carbonyl (C=O) groups is 3. The Balaban J connectivity index is 3.08. The van der Waals surface area contributed by atoms with E-state index in [0.29, 0.717) is 12.8 Å². The molecular weight excluding hydrogens is 564 g/mol. The number of aliphatic hydroxyl groups excluding tert-OH is 1. The molecule has 3 N–H and O–H groups in total. The van der Waals surface area contributed by atoms with Crippen molar-refractivity contribution in [2.75, 3.05) is 0 Å². The van der Waals surface area contributed by atoms with Crippen molar-refractivity contribution < 1.29 is 29.7 Å². The van der Waals surface area contributed by atoms with Gasteiger partial charge in [0.1, 0.15) is 11.3 Å². The molecule has 4 atom stereocenters. The van der Waals surface area contributed by atoms with Crippen LogP contribution in [0.25, 0.3) is 5.76 Å². The van der Waals surface area contributed by atoms with Gasteiger partial charge in [-0.3, -0.25) is 14.4 Å². The molecule has 1 fully saturated rings. The molecule has 0 saturated heterocycles. The van der Waals surface area contributed by atoms with Crippen LogP contribution < -0.4 is 0 Å². The number of phenolic OH excluding ortho intramolecular Hbond substituents is 2. The lowest BCUT2D eigenvalue weighted by atomic mass is 9.51. The van der Waals surface area contributed by atoms with Gasteiger partial charge in [0, 0.05) is 5.56 Å². The minimum atomic E-state index is -1.60. The number of phenols is 2. The first kappa shape index (κ1) is 37.5. The van der Waals surface area contributed by atoms with Crippen LogP contribution in [0.2, 0.25) is 0 Å². The van der Waals surface area contributed by atoms with Gasteiger partial charge in [-0.25, -0.2) is 0 Å². The molecule has 1 aliphatic carbocycles. The second-order valence-corrected chi connectivity index (χ2v) is 13.7. The Morgan fingerprint density at radius 2 is 1.36 bits per heavy atom. The Kier molecular flexibility index (Phi) is 13.0. The normalized spacial score (nSPS) is 22.4. The molecule has 0 radical (unpaired) electrons. The highest BCUT2D eigenvalue weighted by Crippen LogP contribution is 2.54. The highest BCUT2D eigenvalue weighted by molar-refractivity contribution is 6.41. The molecular formula is C39H54O6. The van der Waals surface area contributed by atoms with Gasteiger partial charge in [0.2, 0.25) is 0 Å². The number of benzene rings is 1. The summed E-state index contributed by atoms with van der Waals surface area (Å²) in [7, 11) is 0. The van der Waals surface area contributed by atoms with Gasteiger partial charge in [-0.1, -0.05) is 67.4 Å². The van der Waals surface area contributed by atoms with Crippen LogP contribution in [0.5, 0.6) is 11.5 Å². The largest absolute Gasteiger partial charge is 0.506 e. The second kappa shape index (κ2) is 15.6. The van der Waals surface area contributed by atoms with Crippen molar-refractivity contribution in [3.63, 3.8) is 0 Å². The third-order valence-electron chi connectivity index (χ3n) is 9.32. The van der Waals surface area contributed by atoms with Crippen LogP contribution in [-0.4, -0.2) is 32.7 Å². The maximum Gasteiger partial charge on any atom is 0.184 e. The van der Waals surface area contributed by atoms with E-state index in [4.69, 9.17) is 0 Å². The van der Waals surface area contributed by atoms with Crippen LogP contribution in [0.1, 0.15) is 113 Å². The molecule has 2 rings (SSSR count). The second-order valence-electron chi connectivity index (χ2n) is 13.7. The molecule has 0 spiro atoms. The summed E-state index contributed by atoms with van der Waals surface area (Å²) in [4.78, 5) is 44.8. The predicted octanol–water partition coefficient (Wildman–Crippen LogP) is 9.54. The topological polar surface area (TPSA) is 112 Å². The first-order valence-corrected chi connectivity index (χ1v) is 16.1. The Morgan fingerprint density at radius 3 is 1.84 bits per heavy atom. The van der Waals surface area contributed by atoms with E-state index in [1.54, 1.807) is 6.92 Å². The molecule has 0 aromatic heterocycles. The minimum Gasteiger partial charge on any atom is -0.506 e. The fourth-order valence-electron chi connectivity index (χ4n) is 6.31. The lowest BCUT2D eigenvalue weighted by molar-refractivity contribution is -0.157. The lowest BCUT2D eigenvalue weighted by Gasteiger charge is -2.47. The Hall–Kier alpha value is -3.67. The number of ketones is 3. The summed E-state index contributed by atoms with van der Waals surface area (Å²) in [5.74, 6) is -3.51. The van der Waals surface area contributed by atoms with Gasteiger partial charge < -0.3 is 15.3 Å². The van der Waals surface area contributed by atoms with Crippen LogP contribution in [-0.2, 0) is 14.4 Å². The summed E-state index contributed by atoms with van der Waals surface area (Å²) in [5.41, 5.74) is 0.445. The van der Waals surface area contributed by atoms with Crippen molar-refractivity contribution in [2.24, 2.45) is 22.7 Å². The van der Waals surface area contributed by atoms with Crippen LogP contribution >= 0.6 is 0 Å². The zero-order valence-electron chi connectivity index (χ0n) is 28.8. The summed E-state index contributed by atoms with van der Waals surface area (Å²) >= 11 is 0. The van der Waals surface area contributed by atoms with E-state index in [0.717, 1.165) is 34.8 Å². The monoisotopic (exact) mass is 618 g/mol. The molecule has 246 valence electrons. The number of allylic oxidation sites excluding steroid dienone is 8. The summed E-state index contributed by atoms with van der Waals surface area (Å²) in [6.45, 7) is 21.8. The molecule has 0 aliphatic heterocycles. The van der Waals surface area contributed by atoms with Crippen molar-refractivity contribution in [3.05, 3.63) is 76.4 Å². The van der Waals surface area contributed by atoms with Crippen LogP contribution in [0.3, 0.4) is 0 Å². The molecule has 0 amide bonds. The van der Waals surface area contributed by atoms with Gasteiger partial charge in [0.15, 0.2) is 28.8 Å². The van der Waals surface area contributed by atoms with Crippen LogP contribution in [0.4, 0.5) is 0 Å². The number of carbonyl (C=O) groups excluding carboxylic acids is 3. The molecule has 0 unspecified atom stereocenters. The molecule has 0 bridgehead atoms. The molecule has 1 aromatic carbocycles. The standard InChI is InChI=1S/C39H54O6/c1-11-28(15-13-24(3)4)22-39(23-30(27(9)10)16-14-25(5)6)36(44)33(34(42)29-17-18-31(40)32(41)21-29)35(43)38(12-2,37(39)45)20-19-26(7)8/h13-14,17-19,21,28,30,40-42H,9,11-12,15-16,20,22-23H2,1-8,10H3/t28-,30-,38-,39+/m1/s1. The molecule has 6 heteroatoms. The van der Waals surface area contributed by atoms with E-state index in [1.807, 2.05) is 61.5 Å². The quantitative estimate of drug-likeness (QED) is 0.0478. The Labute approximate surface area is 270 Å². The van der Waals surface area contributed by atoms with Gasteiger partial charge >= 0.3 is 0 Å². The molecule has 6 nitrogen and oxygen atoms in total. The average Bonchev–Trinajstić information content (AvgIpc) is 2.97. The zero-order valence-corrected chi connectivity index (χ0v) is 28.8. The zero-order chi connectivity index (χ0) is 34.3. The number of Topliss-reactive ketones (excluding diaryl/α,β-unsaturated/α-hetero) is 3. The molecule has 0 heterocycles. The molecule has 1 saturated carbocycles. The number of rotatable bonds is 14. The van der Waals surface area contributed by atoms with Gasteiger partial charge in [-0.05, 0) is 117 Å². The van der Waals surface area contributed by atoms with Crippen molar-refractivity contribution in [2.45, 2.75) is 107 Å². The van der Waals surface area contributed by atoms with E-state index in [-0.39, 0.29) is 48.9 Å². The third-order valence-corrected chi connectivity index (χ3v) is 9.32. The van der Waals surface area contributed by atoms with E-state index >= 15 is 9.59 Å². The van der Waals surface area contributed by atoms with E-state index in [2.05, 4.69) is 18.7 Å². The van der Waals surface area contributed by atoms with E-state index in [9.17, 15) is 20.1 Å². The highest BCUT2D eigenvalue weighted by Gasteiger charge is 2.64. The first-order valence-electron chi connectivity index (χ1n) is 16.1. The maximum absolute atomic E-state index is 15.2. The molecule has 45 heavy (non-hydrogen) atoms. The van der Waals surface area contributed by atoms with Gasteiger partial charge in [-0.2, -0.15) is 0 Å². The molecule has 1 aliphatic rings. The third kappa shape index (κ3) is 8.33. The van der Waals surface area contributed by atoms with Gasteiger partial charge in [0.25, 0.3) is 0 Å². The summed E-state index contributed by atoms with van der Waals surface area (Å²) in [6, 6.07) is 3.65. The highest BCUT2D eigenvalue weighted by atomic mass is 16.3. The summed E-state index contributed by atoms with van der Waals surface area (Å²) in [6.07, 6.45) is 8.68. The van der Waals surface area contributed by atoms with E-state index in [1.165, 1.54) is 12.1 Å². The van der Waals surface area contributed by atoms with E-state index < -0.39 is 45.2 Å². The minimum absolute atomic E-state index is 0.00930. The SMILES string of the molecule is C=C(C)[C@H](CC=C(C)C)C[C@@]1(C[C@H](CC)CC=C(C)C)C(=O)C(=C(O)c2ccc(O)c(O)c2)C(=O)[C@@](CC)(CC=C(C)C)C1=O. The maximum atomic E-state index is 15.2. The number of aliphatic hydroxyl groups is 1. The van der Waals surface area contributed by atoms with Crippen molar-refractivity contribution in [1.29, 1.82) is 0 Å². The van der Waals surface area contributed by atoms with Crippen molar-refractivity contribution in [1.82, 2.24) is 0 Å². The van der Waals surface area contributed by atoms with Crippen molar-refractivity contribution in [3.8, 4) is 11.5 Å². The first-order chi connectivity index (χ1) is 21.0. The van der Waals surface area contributed by atoms with Crippen LogP contribution in [0.15, 0.2) is 70.9 Å². The Morgan fingerprint density at radius 1 is 0.800 bits per heavy atom. The summed E-state index contributed by atoms with van der Waals surface area (Å²) in [5, 5.41) is 31.8. The fourth-order valence-corrected chi connectivity index (χ4v) is 6.31.